The van der Waals surface area contributed by atoms with Gasteiger partial charge in [0.05, 0.1) is 0 Å². The van der Waals surface area contributed by atoms with Crippen LogP contribution in [0.15, 0.2) is 12.3 Å². The molecular formula is C9H17INO3-. The number of nitrogens with two attached hydrogens (primary N) is 1. The molecular weight excluding hydrogens is 297 g/mol. The molecule has 0 rings (SSSR count). The van der Waals surface area contributed by atoms with Gasteiger partial charge in [0, 0.05) is 0 Å². The second-order valence-corrected chi connectivity index (χ2v) is 7.45. The van der Waals surface area contributed by atoms with Crippen molar-refractivity contribution >= 4 is 5.78 Å². The SMILES string of the molecule is C=C(N)C(=O)C(C)(C)O[I-]C(C)(C)O. The van der Waals surface area contributed by atoms with Crippen LogP contribution in [0.5, 0.6) is 0 Å². The second-order valence-electron chi connectivity index (χ2n) is 3.93. The van der Waals surface area contributed by atoms with E-state index in [2.05, 4.69) is 6.58 Å². The van der Waals surface area contributed by atoms with Gasteiger partial charge in [0.2, 0.25) is 0 Å². The average Bonchev–Trinajstić information content (AvgIpc) is 1.98. The molecule has 0 aromatic heterocycles. The number of carbonyl (C=O) groups excluding carboxylic acids is 1. The minimum atomic E-state index is -0.987. The van der Waals surface area contributed by atoms with Gasteiger partial charge in [0.1, 0.15) is 0 Å². The predicted molar refractivity (Wildman–Crippen MR) is 49.8 cm³/mol. The Kier molecular flexibility index (Phi) is 4.54. The van der Waals surface area contributed by atoms with Gasteiger partial charge in [-0.25, -0.2) is 0 Å². The molecule has 14 heavy (non-hydrogen) atoms. The maximum atomic E-state index is 11.5. The van der Waals surface area contributed by atoms with E-state index >= 15 is 0 Å². The van der Waals surface area contributed by atoms with Gasteiger partial charge < -0.3 is 0 Å². The van der Waals surface area contributed by atoms with Gasteiger partial charge in [0.15, 0.2) is 0 Å². The summed E-state index contributed by atoms with van der Waals surface area (Å²) >= 11 is -0.929. The van der Waals surface area contributed by atoms with E-state index in [1.807, 2.05) is 0 Å². The molecule has 0 bridgehead atoms. The first-order valence-electron chi connectivity index (χ1n) is 4.12. The van der Waals surface area contributed by atoms with Crippen LogP contribution in [0.4, 0.5) is 0 Å². The second kappa shape index (κ2) is 4.59. The van der Waals surface area contributed by atoms with Crippen molar-refractivity contribution in [1.82, 2.24) is 0 Å². The van der Waals surface area contributed by atoms with Crippen molar-refractivity contribution in [3.8, 4) is 0 Å². The molecule has 0 spiro atoms. The average molecular weight is 314 g/mol. The Labute approximate surface area is 95.3 Å². The van der Waals surface area contributed by atoms with E-state index in [1.165, 1.54) is 0 Å². The molecule has 0 heterocycles. The third-order valence-electron chi connectivity index (χ3n) is 1.26. The van der Waals surface area contributed by atoms with E-state index in [4.69, 9.17) is 8.80 Å². The Morgan fingerprint density at radius 1 is 1.43 bits per heavy atom. The molecule has 0 unspecified atom stereocenters. The molecule has 0 atom stereocenters. The Balaban J connectivity index is 4.35. The van der Waals surface area contributed by atoms with Crippen LogP contribution in [0.2, 0.25) is 0 Å². The van der Waals surface area contributed by atoms with Gasteiger partial charge in [-0.05, 0) is 0 Å². The number of ketones is 1. The zero-order chi connectivity index (χ0) is 11.6. The van der Waals surface area contributed by atoms with Crippen molar-refractivity contribution in [2.75, 3.05) is 0 Å². The van der Waals surface area contributed by atoms with E-state index < -0.39 is 30.8 Å². The van der Waals surface area contributed by atoms with Crippen LogP contribution < -0.4 is 27.4 Å². The maximum absolute atomic E-state index is 11.5. The molecule has 0 aliphatic rings. The van der Waals surface area contributed by atoms with E-state index in [1.54, 1.807) is 27.7 Å². The summed E-state index contributed by atoms with van der Waals surface area (Å²) in [7, 11) is 0. The van der Waals surface area contributed by atoms with Crippen LogP contribution in [0.25, 0.3) is 0 Å². The fourth-order valence-electron chi connectivity index (χ4n) is 0.613. The van der Waals surface area contributed by atoms with Crippen molar-refractivity contribution in [3.05, 3.63) is 12.3 Å². The predicted octanol–water partition coefficient (Wildman–Crippen LogP) is -2.44. The molecule has 4 nitrogen and oxygen atoms in total. The summed E-state index contributed by atoms with van der Waals surface area (Å²) in [5.41, 5.74) is 4.28. The number of aliphatic hydroxyl groups is 1. The quantitative estimate of drug-likeness (QED) is 0.336. The zero-order valence-corrected chi connectivity index (χ0v) is 11.1. The number of hydrogen-bond acceptors (Lipinski definition) is 4. The summed E-state index contributed by atoms with van der Waals surface area (Å²) in [6, 6.07) is 0. The van der Waals surface area contributed by atoms with Gasteiger partial charge >= 0.3 is 95.3 Å². The first-order chi connectivity index (χ1) is 6.06. The van der Waals surface area contributed by atoms with Crippen molar-refractivity contribution in [2.45, 2.75) is 36.9 Å². The van der Waals surface area contributed by atoms with Crippen LogP contribution in [-0.4, -0.2) is 20.1 Å². The summed E-state index contributed by atoms with van der Waals surface area (Å²) in [4.78, 5) is 11.5. The molecule has 0 aliphatic heterocycles. The first-order valence-corrected chi connectivity index (χ1v) is 6.08. The Bertz CT molecular complexity index is 243. The van der Waals surface area contributed by atoms with Crippen molar-refractivity contribution in [1.29, 1.82) is 0 Å². The van der Waals surface area contributed by atoms with Crippen molar-refractivity contribution < 1.29 is 34.6 Å². The van der Waals surface area contributed by atoms with Crippen LogP contribution in [0.1, 0.15) is 27.7 Å². The van der Waals surface area contributed by atoms with Gasteiger partial charge in [-0.1, -0.05) is 0 Å². The van der Waals surface area contributed by atoms with Crippen LogP contribution in [-0.2, 0) is 7.86 Å². The summed E-state index contributed by atoms with van der Waals surface area (Å²) in [5.74, 6) is -0.332. The molecule has 84 valence electrons. The molecule has 3 N–H and O–H groups in total. The third-order valence-corrected chi connectivity index (χ3v) is 3.66. The number of Topliss-reactive ketones (excluding diaryl/α,β-unsaturated/α-hetero) is 1. The normalized spacial score (nSPS) is 12.9. The van der Waals surface area contributed by atoms with Crippen LogP contribution in [0.3, 0.4) is 0 Å². The number of halogens is 1. The number of rotatable bonds is 5. The molecule has 0 aromatic rings. The summed E-state index contributed by atoms with van der Waals surface area (Å²) in [5, 5.41) is 9.46. The Morgan fingerprint density at radius 2 is 1.86 bits per heavy atom. The van der Waals surface area contributed by atoms with E-state index in [0.717, 1.165) is 0 Å². The standard InChI is InChI=1S/C9H17INO3/c1-6(11)7(12)8(2,3)14-10-9(4,5)13/h13H,1,11H2,2-5H3/q-1. The molecule has 0 fully saturated rings. The van der Waals surface area contributed by atoms with Crippen molar-refractivity contribution in [3.63, 3.8) is 0 Å². The number of carbonyl (C=O) groups is 1. The van der Waals surface area contributed by atoms with Gasteiger partial charge in [0.25, 0.3) is 0 Å². The molecule has 0 saturated heterocycles. The fourth-order valence-corrected chi connectivity index (χ4v) is 1.90. The molecule has 0 radical (unpaired) electrons. The Hall–Kier alpha value is -0.140. The van der Waals surface area contributed by atoms with Gasteiger partial charge in [-0.2, -0.15) is 0 Å². The van der Waals surface area contributed by atoms with Crippen molar-refractivity contribution in [2.24, 2.45) is 5.73 Å². The zero-order valence-electron chi connectivity index (χ0n) is 8.93. The molecule has 0 amide bonds. The van der Waals surface area contributed by atoms with E-state index in [9.17, 15) is 9.90 Å². The monoisotopic (exact) mass is 314 g/mol. The molecule has 0 aliphatic carbocycles. The van der Waals surface area contributed by atoms with E-state index in [-0.39, 0.29) is 11.5 Å². The van der Waals surface area contributed by atoms with Gasteiger partial charge in [-0.3, -0.25) is 0 Å². The molecule has 0 aromatic carbocycles. The van der Waals surface area contributed by atoms with Crippen LogP contribution in [0, 0.1) is 0 Å². The molecule has 0 saturated carbocycles. The fraction of sp³-hybridized carbons (Fsp3) is 0.667. The third kappa shape index (κ3) is 4.92. The topological polar surface area (TPSA) is 72.6 Å². The molecule has 5 heteroatoms. The first kappa shape index (κ1) is 13.9. The van der Waals surface area contributed by atoms with Crippen LogP contribution >= 0.6 is 0 Å². The van der Waals surface area contributed by atoms with Gasteiger partial charge in [-0.15, -0.1) is 0 Å². The number of hydrogen-bond donors (Lipinski definition) is 2. The summed E-state index contributed by atoms with van der Waals surface area (Å²) < 4.78 is 4.53. The Morgan fingerprint density at radius 3 is 2.14 bits per heavy atom. The number of alkyl halides is 1. The van der Waals surface area contributed by atoms with E-state index in [0.29, 0.717) is 0 Å². The summed E-state index contributed by atoms with van der Waals surface area (Å²) in [6.07, 6.45) is 0. The summed E-state index contributed by atoms with van der Waals surface area (Å²) in [6.45, 7) is 9.91. The minimum absolute atomic E-state index is 0.0187.